The molecule has 22 heavy (non-hydrogen) atoms. The molecule has 2 heterocycles. The van der Waals surface area contributed by atoms with Gasteiger partial charge in [0.05, 0.1) is 16.1 Å². The minimum absolute atomic E-state index is 0.230. The van der Waals surface area contributed by atoms with Crippen molar-refractivity contribution in [2.45, 2.75) is 19.9 Å². The number of hydrogen-bond donors (Lipinski definition) is 2. The summed E-state index contributed by atoms with van der Waals surface area (Å²) in [4.78, 5) is 15.4. The number of benzene rings is 1. The van der Waals surface area contributed by atoms with Crippen LogP contribution in [0.2, 0.25) is 10.0 Å². The number of H-pyrrole nitrogens is 1. The lowest BCUT2D eigenvalue weighted by Crippen LogP contribution is -2.26. The summed E-state index contributed by atoms with van der Waals surface area (Å²) in [6, 6.07) is 8.66. The zero-order valence-electron chi connectivity index (χ0n) is 12.0. The minimum Gasteiger partial charge on any atom is -0.464 e. The Labute approximate surface area is 137 Å². The van der Waals surface area contributed by atoms with Gasteiger partial charge in [-0.15, -0.1) is 0 Å². The van der Waals surface area contributed by atoms with E-state index in [0.717, 1.165) is 16.7 Å². The van der Waals surface area contributed by atoms with Crippen molar-refractivity contribution in [3.8, 4) is 0 Å². The van der Waals surface area contributed by atoms with Crippen LogP contribution >= 0.6 is 23.2 Å². The summed E-state index contributed by atoms with van der Waals surface area (Å²) in [5.41, 5.74) is 1.19. The number of aryl methyl sites for hydroxylation is 1. The molecule has 1 atom stereocenters. The smallest absolute Gasteiger partial charge is 0.268 e. The Kier molecular flexibility index (Phi) is 3.89. The first kappa shape index (κ1) is 15.0. The van der Waals surface area contributed by atoms with Crippen molar-refractivity contribution in [3.63, 3.8) is 0 Å². The van der Waals surface area contributed by atoms with Gasteiger partial charge in [-0.25, -0.2) is 0 Å². The molecular formula is C16H14Cl2N2O2. The Morgan fingerprint density at radius 3 is 2.73 bits per heavy atom. The molecule has 0 aliphatic rings. The van der Waals surface area contributed by atoms with Gasteiger partial charge in [-0.2, -0.15) is 0 Å². The fourth-order valence-electron chi connectivity index (χ4n) is 2.30. The molecular weight excluding hydrogens is 323 g/mol. The van der Waals surface area contributed by atoms with Gasteiger partial charge in [0.1, 0.15) is 17.2 Å². The molecule has 0 spiro atoms. The largest absolute Gasteiger partial charge is 0.464 e. The van der Waals surface area contributed by atoms with Crippen LogP contribution in [0.1, 0.15) is 35.0 Å². The Morgan fingerprint density at radius 1 is 1.27 bits per heavy atom. The average Bonchev–Trinajstić information content (AvgIpc) is 3.09. The van der Waals surface area contributed by atoms with E-state index >= 15 is 0 Å². The van der Waals surface area contributed by atoms with Gasteiger partial charge in [-0.3, -0.25) is 4.79 Å². The molecule has 1 amide bonds. The van der Waals surface area contributed by atoms with Gasteiger partial charge in [0.15, 0.2) is 0 Å². The number of rotatable bonds is 3. The van der Waals surface area contributed by atoms with Crippen LogP contribution in [0.5, 0.6) is 0 Å². The molecule has 0 bridgehead atoms. The maximum Gasteiger partial charge on any atom is 0.268 e. The maximum absolute atomic E-state index is 12.3. The summed E-state index contributed by atoms with van der Waals surface area (Å²) in [7, 11) is 0. The number of furan rings is 1. The van der Waals surface area contributed by atoms with Crippen molar-refractivity contribution in [3.05, 3.63) is 57.6 Å². The van der Waals surface area contributed by atoms with Crippen molar-refractivity contribution < 1.29 is 9.21 Å². The predicted octanol–water partition coefficient (Wildman–Crippen LogP) is 4.87. The Balaban J connectivity index is 1.84. The Bertz CT molecular complexity index is 851. The number of fused-ring (bicyclic) bond motifs is 1. The Hall–Kier alpha value is -1.91. The molecule has 0 unspecified atom stereocenters. The molecule has 114 valence electrons. The Morgan fingerprint density at radius 2 is 2.05 bits per heavy atom. The van der Waals surface area contributed by atoms with Crippen LogP contribution in [-0.2, 0) is 0 Å². The molecule has 0 aliphatic heterocycles. The summed E-state index contributed by atoms with van der Waals surface area (Å²) in [5.74, 6) is 1.29. The number of carbonyl (C=O) groups is 1. The number of halogens is 2. The van der Waals surface area contributed by atoms with Gasteiger partial charge in [-0.1, -0.05) is 23.2 Å². The average molecular weight is 337 g/mol. The van der Waals surface area contributed by atoms with Gasteiger partial charge >= 0.3 is 0 Å². The van der Waals surface area contributed by atoms with Gasteiger partial charge < -0.3 is 14.7 Å². The van der Waals surface area contributed by atoms with Gasteiger partial charge in [0, 0.05) is 10.9 Å². The maximum atomic E-state index is 12.3. The molecule has 2 N–H and O–H groups in total. The first-order valence-electron chi connectivity index (χ1n) is 6.79. The van der Waals surface area contributed by atoms with Crippen molar-refractivity contribution in [2.75, 3.05) is 0 Å². The monoisotopic (exact) mass is 336 g/mol. The number of amides is 1. The highest BCUT2D eigenvalue weighted by atomic mass is 35.5. The van der Waals surface area contributed by atoms with Crippen LogP contribution in [0.3, 0.4) is 0 Å². The van der Waals surface area contributed by atoms with E-state index in [1.54, 1.807) is 18.2 Å². The highest BCUT2D eigenvalue weighted by Gasteiger charge is 2.17. The number of carbonyl (C=O) groups excluding carboxylic acids is 1. The SMILES string of the molecule is Cc1ccc([C@H](C)NC(=O)c2cc3c(Cl)c(Cl)ccc3[nH]2)o1. The van der Waals surface area contributed by atoms with Crippen molar-refractivity contribution >= 4 is 40.0 Å². The van der Waals surface area contributed by atoms with Crippen LogP contribution in [0.25, 0.3) is 10.9 Å². The van der Waals surface area contributed by atoms with Crippen molar-refractivity contribution in [1.82, 2.24) is 10.3 Å². The van der Waals surface area contributed by atoms with E-state index in [1.807, 2.05) is 26.0 Å². The molecule has 0 fully saturated rings. The lowest BCUT2D eigenvalue weighted by atomic mass is 10.2. The standard InChI is InChI=1S/C16H14Cl2N2O2/c1-8-3-6-14(22-8)9(2)19-16(21)13-7-10-12(20-13)5-4-11(17)15(10)18/h3-7,9,20H,1-2H3,(H,19,21)/t9-/m0/s1. The molecule has 0 saturated carbocycles. The second-order valence-corrected chi connectivity index (χ2v) is 5.93. The van der Waals surface area contributed by atoms with Crippen LogP contribution < -0.4 is 5.32 Å². The van der Waals surface area contributed by atoms with Crippen LogP contribution in [-0.4, -0.2) is 10.9 Å². The fourth-order valence-corrected chi connectivity index (χ4v) is 2.68. The third-order valence-electron chi connectivity index (χ3n) is 3.47. The molecule has 2 aromatic heterocycles. The number of aromatic amines is 1. The summed E-state index contributed by atoms with van der Waals surface area (Å²) in [6.45, 7) is 3.73. The molecule has 0 aliphatic carbocycles. The van der Waals surface area contributed by atoms with E-state index in [4.69, 9.17) is 27.6 Å². The normalized spacial score (nSPS) is 12.5. The van der Waals surface area contributed by atoms with Crippen LogP contribution in [0.15, 0.2) is 34.7 Å². The minimum atomic E-state index is -0.232. The van der Waals surface area contributed by atoms with E-state index in [-0.39, 0.29) is 11.9 Å². The van der Waals surface area contributed by atoms with Gasteiger partial charge in [0.25, 0.3) is 5.91 Å². The number of nitrogens with one attached hydrogen (secondary N) is 2. The highest BCUT2D eigenvalue weighted by Crippen LogP contribution is 2.31. The quantitative estimate of drug-likeness (QED) is 0.716. The summed E-state index contributed by atoms with van der Waals surface area (Å²) < 4.78 is 5.51. The molecule has 3 aromatic rings. The fraction of sp³-hybridized carbons (Fsp3) is 0.188. The lowest BCUT2D eigenvalue weighted by Gasteiger charge is -2.10. The molecule has 3 rings (SSSR count). The van der Waals surface area contributed by atoms with Crippen molar-refractivity contribution in [1.29, 1.82) is 0 Å². The van der Waals surface area contributed by atoms with Gasteiger partial charge in [0.2, 0.25) is 0 Å². The van der Waals surface area contributed by atoms with E-state index in [9.17, 15) is 4.79 Å². The molecule has 1 aromatic carbocycles. The highest BCUT2D eigenvalue weighted by molar-refractivity contribution is 6.45. The molecule has 0 saturated heterocycles. The van der Waals surface area contributed by atoms with Crippen LogP contribution in [0, 0.1) is 6.92 Å². The molecule has 6 heteroatoms. The molecule has 0 radical (unpaired) electrons. The third kappa shape index (κ3) is 2.72. The zero-order valence-corrected chi connectivity index (χ0v) is 13.5. The predicted molar refractivity (Wildman–Crippen MR) is 87.6 cm³/mol. The number of aromatic nitrogens is 1. The summed E-state index contributed by atoms with van der Waals surface area (Å²) >= 11 is 12.1. The molecule has 4 nitrogen and oxygen atoms in total. The van der Waals surface area contributed by atoms with Crippen LogP contribution in [0.4, 0.5) is 0 Å². The second kappa shape index (κ2) is 5.71. The first-order valence-corrected chi connectivity index (χ1v) is 7.55. The number of hydrogen-bond acceptors (Lipinski definition) is 2. The van der Waals surface area contributed by atoms with E-state index in [1.165, 1.54) is 0 Å². The van der Waals surface area contributed by atoms with E-state index in [2.05, 4.69) is 10.3 Å². The third-order valence-corrected chi connectivity index (χ3v) is 4.29. The van der Waals surface area contributed by atoms with E-state index in [0.29, 0.717) is 21.5 Å². The summed E-state index contributed by atoms with van der Waals surface area (Å²) in [5, 5.41) is 4.50. The zero-order chi connectivity index (χ0) is 15.9. The second-order valence-electron chi connectivity index (χ2n) is 5.15. The van der Waals surface area contributed by atoms with E-state index < -0.39 is 0 Å². The topological polar surface area (TPSA) is 58.0 Å². The summed E-state index contributed by atoms with van der Waals surface area (Å²) in [6.07, 6.45) is 0. The van der Waals surface area contributed by atoms with Gasteiger partial charge in [-0.05, 0) is 44.2 Å². The van der Waals surface area contributed by atoms with Crippen molar-refractivity contribution in [2.24, 2.45) is 0 Å². The lowest BCUT2D eigenvalue weighted by molar-refractivity contribution is 0.0931. The first-order chi connectivity index (χ1) is 10.5.